The second-order valence-corrected chi connectivity index (χ2v) is 7.50. The van der Waals surface area contributed by atoms with Crippen molar-refractivity contribution < 1.29 is 8.42 Å². The minimum Gasteiger partial charge on any atom is -0.235 e. The molecule has 2 rings (SSSR count). The molecule has 2 aromatic rings. The van der Waals surface area contributed by atoms with E-state index in [1.165, 1.54) is 8.99 Å². The number of hydrogen-bond donors (Lipinski definition) is 0. The molecule has 114 valence electrons. The first-order valence-electron chi connectivity index (χ1n) is 6.45. The van der Waals surface area contributed by atoms with Crippen molar-refractivity contribution in [3.8, 4) is 0 Å². The molecule has 0 spiro atoms. The first-order valence-corrected chi connectivity index (χ1v) is 8.68. The Hall–Kier alpha value is -1.25. The fourth-order valence-corrected chi connectivity index (χ4v) is 4.68. The number of hydrogen-bond acceptors (Lipinski definition) is 4. The van der Waals surface area contributed by atoms with Crippen LogP contribution in [0.1, 0.15) is 19.4 Å². The molecule has 0 atom stereocenters. The highest BCUT2D eigenvalue weighted by molar-refractivity contribution is 9.10. The summed E-state index contributed by atoms with van der Waals surface area (Å²) in [5, 5.41) is 7.56. The highest BCUT2D eigenvalue weighted by atomic mass is 79.9. The number of nitrogens with zero attached hydrogens (tertiary/aromatic N) is 4. The molecular formula is C13H17BrN4O2S. The maximum absolute atomic E-state index is 12.9. The summed E-state index contributed by atoms with van der Waals surface area (Å²) in [6.45, 7) is 3.99. The van der Waals surface area contributed by atoms with Crippen molar-refractivity contribution in [3.05, 3.63) is 40.5 Å². The fourth-order valence-electron chi connectivity index (χ4n) is 2.02. The van der Waals surface area contributed by atoms with Crippen molar-refractivity contribution in [2.45, 2.75) is 31.5 Å². The molecule has 0 unspecified atom stereocenters. The fraction of sp³-hybridized carbons (Fsp3) is 0.385. The highest BCUT2D eigenvalue weighted by Gasteiger charge is 2.32. The van der Waals surface area contributed by atoms with Crippen molar-refractivity contribution in [2.75, 3.05) is 0 Å². The number of benzene rings is 1. The third-order valence-corrected chi connectivity index (χ3v) is 5.96. The molecule has 8 heteroatoms. The van der Waals surface area contributed by atoms with Crippen molar-refractivity contribution >= 4 is 26.0 Å². The van der Waals surface area contributed by atoms with Gasteiger partial charge in [-0.25, -0.2) is 13.1 Å². The SMILES string of the molecule is CC(C)N(Cc1ccccc1)S(=O)(=O)c1c(Br)nnn1C. The van der Waals surface area contributed by atoms with Gasteiger partial charge in [-0.15, -0.1) is 5.10 Å². The summed E-state index contributed by atoms with van der Waals surface area (Å²) in [5.74, 6) is 0. The van der Waals surface area contributed by atoms with E-state index in [0.29, 0.717) is 6.54 Å². The van der Waals surface area contributed by atoms with E-state index in [2.05, 4.69) is 26.2 Å². The summed E-state index contributed by atoms with van der Waals surface area (Å²) in [7, 11) is -2.13. The summed E-state index contributed by atoms with van der Waals surface area (Å²) in [5.41, 5.74) is 0.932. The molecule has 0 aliphatic carbocycles. The summed E-state index contributed by atoms with van der Waals surface area (Å²) >= 11 is 3.16. The van der Waals surface area contributed by atoms with Crippen molar-refractivity contribution in [1.29, 1.82) is 0 Å². The van der Waals surface area contributed by atoms with Gasteiger partial charge in [-0.05, 0) is 35.3 Å². The monoisotopic (exact) mass is 372 g/mol. The normalized spacial score (nSPS) is 12.3. The summed E-state index contributed by atoms with van der Waals surface area (Å²) in [6.07, 6.45) is 0. The second-order valence-electron chi connectivity index (χ2n) is 4.94. The Bertz CT molecular complexity index is 694. The van der Waals surface area contributed by atoms with Gasteiger partial charge in [0.2, 0.25) is 5.03 Å². The van der Waals surface area contributed by atoms with Gasteiger partial charge < -0.3 is 0 Å². The van der Waals surface area contributed by atoms with Gasteiger partial charge in [0.1, 0.15) is 0 Å². The van der Waals surface area contributed by atoms with E-state index in [1.807, 2.05) is 44.2 Å². The second kappa shape index (κ2) is 6.25. The zero-order valence-electron chi connectivity index (χ0n) is 12.1. The molecule has 1 aromatic carbocycles. The Morgan fingerprint density at radius 2 is 1.90 bits per heavy atom. The number of aromatic nitrogens is 3. The van der Waals surface area contributed by atoms with Gasteiger partial charge in [0, 0.05) is 19.6 Å². The summed E-state index contributed by atoms with van der Waals surface area (Å²) in [4.78, 5) is 0. The highest BCUT2D eigenvalue weighted by Crippen LogP contribution is 2.25. The van der Waals surface area contributed by atoms with Gasteiger partial charge >= 0.3 is 0 Å². The maximum Gasteiger partial charge on any atom is 0.263 e. The third kappa shape index (κ3) is 3.33. The largest absolute Gasteiger partial charge is 0.263 e. The van der Waals surface area contributed by atoms with E-state index >= 15 is 0 Å². The number of halogens is 1. The number of aryl methyl sites for hydroxylation is 1. The third-order valence-electron chi connectivity index (χ3n) is 3.05. The molecule has 0 N–H and O–H groups in total. The van der Waals surface area contributed by atoms with E-state index in [1.54, 1.807) is 7.05 Å². The smallest absolute Gasteiger partial charge is 0.235 e. The van der Waals surface area contributed by atoms with E-state index in [4.69, 9.17) is 0 Å². The van der Waals surface area contributed by atoms with E-state index in [9.17, 15) is 8.42 Å². The molecule has 0 saturated heterocycles. The topological polar surface area (TPSA) is 68.1 Å². The van der Waals surface area contributed by atoms with Crippen molar-refractivity contribution in [1.82, 2.24) is 19.3 Å². The zero-order valence-corrected chi connectivity index (χ0v) is 14.5. The molecule has 0 aliphatic rings. The number of rotatable bonds is 5. The Labute approximate surface area is 132 Å². The van der Waals surface area contributed by atoms with Crippen LogP contribution in [-0.2, 0) is 23.6 Å². The van der Waals surface area contributed by atoms with Crippen LogP contribution in [0.4, 0.5) is 0 Å². The van der Waals surface area contributed by atoms with Crippen molar-refractivity contribution in [3.63, 3.8) is 0 Å². The van der Waals surface area contributed by atoms with Crippen LogP contribution in [0.2, 0.25) is 0 Å². The minimum atomic E-state index is -3.69. The quantitative estimate of drug-likeness (QED) is 0.806. The molecule has 1 heterocycles. The van der Waals surface area contributed by atoms with Gasteiger partial charge in [-0.1, -0.05) is 35.5 Å². The summed E-state index contributed by atoms with van der Waals surface area (Å²) in [6, 6.07) is 9.31. The molecule has 1 aromatic heterocycles. The van der Waals surface area contributed by atoms with E-state index in [0.717, 1.165) is 5.56 Å². The van der Waals surface area contributed by atoms with Crippen LogP contribution in [0.5, 0.6) is 0 Å². The van der Waals surface area contributed by atoms with Gasteiger partial charge in [0.05, 0.1) is 0 Å². The van der Waals surface area contributed by atoms with Gasteiger partial charge in [0.25, 0.3) is 10.0 Å². The predicted octanol–water partition coefficient (Wildman–Crippen LogP) is 2.18. The van der Waals surface area contributed by atoms with Crippen LogP contribution >= 0.6 is 15.9 Å². The Morgan fingerprint density at radius 1 is 1.29 bits per heavy atom. The first kappa shape index (κ1) is 16.1. The Morgan fingerprint density at radius 3 is 2.38 bits per heavy atom. The molecule has 0 aliphatic heterocycles. The average Bonchev–Trinajstić information content (AvgIpc) is 2.76. The van der Waals surface area contributed by atoms with Crippen LogP contribution in [-0.4, -0.2) is 33.8 Å². The van der Waals surface area contributed by atoms with E-state index < -0.39 is 10.0 Å². The van der Waals surface area contributed by atoms with Crippen LogP contribution in [0.15, 0.2) is 40.0 Å². The van der Waals surface area contributed by atoms with E-state index in [-0.39, 0.29) is 15.7 Å². The molecule has 0 fully saturated rings. The molecule has 0 radical (unpaired) electrons. The standard InChI is InChI=1S/C13H17BrN4O2S/c1-10(2)18(9-11-7-5-4-6-8-11)21(19,20)13-12(14)15-16-17(13)3/h4-8,10H,9H2,1-3H3. The minimum absolute atomic E-state index is 0.0622. The molecule has 0 amide bonds. The van der Waals surface area contributed by atoms with Gasteiger partial charge in [-0.2, -0.15) is 4.31 Å². The number of sulfonamides is 1. The molecule has 0 saturated carbocycles. The van der Waals surface area contributed by atoms with Gasteiger partial charge in [-0.3, -0.25) is 0 Å². The summed E-state index contributed by atoms with van der Waals surface area (Å²) < 4.78 is 28.7. The van der Waals surface area contributed by atoms with Crippen LogP contribution < -0.4 is 0 Å². The molecule has 6 nitrogen and oxygen atoms in total. The lowest BCUT2D eigenvalue weighted by Gasteiger charge is -2.25. The van der Waals surface area contributed by atoms with Crippen LogP contribution in [0.3, 0.4) is 0 Å². The predicted molar refractivity (Wildman–Crippen MR) is 83.0 cm³/mol. The lowest BCUT2D eigenvalue weighted by molar-refractivity contribution is 0.344. The zero-order chi connectivity index (χ0) is 15.6. The maximum atomic E-state index is 12.9. The van der Waals surface area contributed by atoms with Gasteiger partial charge in [0.15, 0.2) is 4.60 Å². The Kier molecular flexibility index (Phi) is 4.80. The first-order chi connectivity index (χ1) is 9.84. The molecule has 21 heavy (non-hydrogen) atoms. The lowest BCUT2D eigenvalue weighted by Crippen LogP contribution is -2.37. The van der Waals surface area contributed by atoms with Crippen LogP contribution in [0, 0.1) is 0 Å². The molecule has 0 bridgehead atoms. The van der Waals surface area contributed by atoms with Crippen LogP contribution in [0.25, 0.3) is 0 Å². The lowest BCUT2D eigenvalue weighted by atomic mass is 10.2. The average molecular weight is 373 g/mol. The Balaban J connectivity index is 2.43. The van der Waals surface area contributed by atoms with Crippen molar-refractivity contribution in [2.24, 2.45) is 7.05 Å². The molecular weight excluding hydrogens is 356 g/mol.